The Labute approximate surface area is 70.8 Å². The zero-order chi connectivity index (χ0) is 7.35. The van der Waals surface area contributed by atoms with E-state index in [9.17, 15) is 0 Å². The fourth-order valence-corrected chi connectivity index (χ4v) is 9.88. The second-order valence-electron chi connectivity index (χ2n) is 3.67. The zero-order valence-electron chi connectivity index (χ0n) is 7.10. The molecule has 0 aliphatic carbocycles. The summed E-state index contributed by atoms with van der Waals surface area (Å²) in [6.45, 7) is 7.26. The summed E-state index contributed by atoms with van der Waals surface area (Å²) in [5.74, 6) is 0. The van der Waals surface area contributed by atoms with Crippen LogP contribution in [-0.4, -0.2) is 23.7 Å². The molecular weight excluding hydrogens is 237 g/mol. The summed E-state index contributed by atoms with van der Waals surface area (Å²) in [7, 11) is 0. The third kappa shape index (κ3) is 0.624. The Morgan fingerprint density at radius 2 is 2.20 bits per heavy atom. The van der Waals surface area contributed by atoms with Gasteiger partial charge in [0.1, 0.15) is 0 Å². The van der Waals surface area contributed by atoms with Crippen molar-refractivity contribution in [1.82, 2.24) is 0 Å². The van der Waals surface area contributed by atoms with Crippen LogP contribution in [0.3, 0.4) is 0 Å². The van der Waals surface area contributed by atoms with Crippen molar-refractivity contribution in [1.29, 1.82) is 0 Å². The average molecular weight is 254 g/mol. The topological polar surface area (TPSA) is 0 Å². The number of rotatable bonds is 2. The molecule has 3 aliphatic heterocycles. The number of quaternary nitrogens is 1. The van der Waals surface area contributed by atoms with Crippen molar-refractivity contribution in [3.63, 3.8) is 0 Å². The van der Waals surface area contributed by atoms with E-state index in [2.05, 4.69) is 20.8 Å². The number of nitrogens with zero attached hydrogens (tertiary/aromatic N) is 1. The second kappa shape index (κ2) is 2.09. The summed E-state index contributed by atoms with van der Waals surface area (Å²) >= 11 is -0.237. The summed E-state index contributed by atoms with van der Waals surface area (Å²) in [4.78, 5) is 0. The van der Waals surface area contributed by atoms with Crippen LogP contribution in [0.2, 0.25) is 0 Å². The fraction of sp³-hybridized carbons (Fsp3) is 1.00. The molecule has 10 heavy (non-hydrogen) atoms. The van der Waals surface area contributed by atoms with E-state index < -0.39 is 0 Å². The maximum absolute atomic E-state index is 2.49. The van der Waals surface area contributed by atoms with Crippen LogP contribution in [0.15, 0.2) is 0 Å². The fourth-order valence-electron chi connectivity index (χ4n) is 2.00. The van der Waals surface area contributed by atoms with Gasteiger partial charge in [-0.2, -0.15) is 0 Å². The molecule has 60 valence electrons. The first-order valence-electron chi connectivity index (χ1n) is 4.17. The van der Waals surface area contributed by atoms with Crippen molar-refractivity contribution in [2.45, 2.75) is 37.3 Å². The van der Waals surface area contributed by atoms with Crippen LogP contribution < -0.4 is 0 Å². The molecule has 0 aromatic rings. The molecule has 0 aromatic heterocycles. The van der Waals surface area contributed by atoms with Crippen LogP contribution in [0, 0.1) is 0 Å². The van der Waals surface area contributed by atoms with E-state index >= 15 is 0 Å². The Morgan fingerprint density at radius 3 is 2.30 bits per heavy atom. The molecule has 0 spiro atoms. The predicted molar refractivity (Wildman–Crippen MR) is 53.2 cm³/mol. The van der Waals surface area contributed by atoms with Gasteiger partial charge in [0.2, 0.25) is 0 Å². The molecule has 2 atom stereocenters. The normalized spacial score (nSPS) is 49.5. The van der Waals surface area contributed by atoms with Gasteiger partial charge in [-0.05, 0) is 0 Å². The molecule has 0 saturated carbocycles. The van der Waals surface area contributed by atoms with E-state index in [0.29, 0.717) is 0 Å². The first-order valence-corrected chi connectivity index (χ1v) is 8.47. The van der Waals surface area contributed by atoms with E-state index in [0.717, 1.165) is 6.04 Å². The van der Waals surface area contributed by atoms with Gasteiger partial charge in [0.25, 0.3) is 0 Å². The molecular formula is C8H17IN+. The van der Waals surface area contributed by atoms with Gasteiger partial charge in [0, 0.05) is 0 Å². The van der Waals surface area contributed by atoms with Crippen molar-refractivity contribution in [3.05, 3.63) is 0 Å². The number of hydrogen-bond acceptors (Lipinski definition) is 0. The number of alkyl halides is 3. The molecule has 1 unspecified atom stereocenters. The van der Waals surface area contributed by atoms with Gasteiger partial charge < -0.3 is 0 Å². The van der Waals surface area contributed by atoms with Gasteiger partial charge in [0.05, 0.1) is 0 Å². The van der Waals surface area contributed by atoms with Crippen LogP contribution in [-0.2, 0) is 0 Å². The number of hydrogen-bond donors (Lipinski definition) is 0. The van der Waals surface area contributed by atoms with Crippen molar-refractivity contribution < 1.29 is 4.48 Å². The third-order valence-electron chi connectivity index (χ3n) is 3.38. The van der Waals surface area contributed by atoms with Crippen LogP contribution >= 0.6 is 19.8 Å². The minimum atomic E-state index is -0.237. The molecule has 0 aromatic carbocycles. The van der Waals surface area contributed by atoms with E-state index in [-0.39, 0.29) is 19.8 Å². The van der Waals surface area contributed by atoms with Gasteiger partial charge in [-0.3, -0.25) is 0 Å². The van der Waals surface area contributed by atoms with Crippen LogP contribution in [0.25, 0.3) is 0 Å². The maximum atomic E-state index is 2.49. The molecule has 0 radical (unpaired) electrons. The Hall–Kier alpha value is 0.690. The molecule has 3 rings (SSSR count). The first kappa shape index (κ1) is 7.35. The van der Waals surface area contributed by atoms with Crippen molar-refractivity contribution in [3.8, 4) is 0 Å². The van der Waals surface area contributed by atoms with Crippen LogP contribution in [0.5, 0.6) is 0 Å². The van der Waals surface area contributed by atoms with Crippen molar-refractivity contribution in [2.24, 2.45) is 0 Å². The van der Waals surface area contributed by atoms with Gasteiger partial charge in [-0.25, -0.2) is 0 Å². The number of halogens is 1. The van der Waals surface area contributed by atoms with Crippen molar-refractivity contribution in [2.75, 3.05) is 9.10 Å². The predicted octanol–water partition coefficient (Wildman–Crippen LogP) is 2.40. The monoisotopic (exact) mass is 254 g/mol. The molecule has 2 heteroatoms. The summed E-state index contributed by atoms with van der Waals surface area (Å²) in [5, 5.41) is 0. The summed E-state index contributed by atoms with van der Waals surface area (Å²) in [6, 6.07) is 0.970. The molecule has 3 fully saturated rings. The molecule has 3 heterocycles. The molecule has 0 N–H and O–H groups in total. The van der Waals surface area contributed by atoms with E-state index in [4.69, 9.17) is 0 Å². The summed E-state index contributed by atoms with van der Waals surface area (Å²) in [6.07, 6.45) is 1.38. The Kier molecular flexibility index (Phi) is 1.54. The van der Waals surface area contributed by atoms with Gasteiger partial charge >= 0.3 is 70.7 Å². The SMILES string of the molecule is CCC(C)[N+]12CI(C1)[C@@H]2C. The second-order valence-corrected chi connectivity index (χ2v) is 9.68. The molecule has 3 saturated heterocycles. The summed E-state index contributed by atoms with van der Waals surface area (Å²) < 4.78 is 6.00. The van der Waals surface area contributed by atoms with Gasteiger partial charge in [-0.1, -0.05) is 0 Å². The van der Waals surface area contributed by atoms with Crippen LogP contribution in [0.1, 0.15) is 27.2 Å². The quantitative estimate of drug-likeness (QED) is 0.307. The molecule has 1 nitrogen and oxygen atoms in total. The first-order chi connectivity index (χ1) is 4.70. The molecule has 0 amide bonds. The molecule has 3 aliphatic rings. The van der Waals surface area contributed by atoms with Gasteiger partial charge in [-0.15, -0.1) is 0 Å². The van der Waals surface area contributed by atoms with Crippen LogP contribution in [0.4, 0.5) is 0 Å². The standard InChI is InChI=1S/C8H17IN/c1-4-7(2)10-5-9(6-10)8(10)3/h7-8H,4-6H2,1-3H3/q+1/t7?,8-/m0/s1. The minimum absolute atomic E-state index is 0.237. The van der Waals surface area contributed by atoms with E-state index in [1.54, 1.807) is 9.10 Å². The summed E-state index contributed by atoms with van der Waals surface area (Å²) in [5.41, 5.74) is 0. The Bertz CT molecular complexity index is 151. The Balaban J connectivity index is 2.03. The van der Waals surface area contributed by atoms with Gasteiger partial charge in [0.15, 0.2) is 0 Å². The van der Waals surface area contributed by atoms with E-state index in [1.807, 2.05) is 0 Å². The van der Waals surface area contributed by atoms with Crippen molar-refractivity contribution >= 4 is 19.8 Å². The third-order valence-corrected chi connectivity index (χ3v) is 11.3. The van der Waals surface area contributed by atoms with E-state index in [1.165, 1.54) is 15.0 Å². The zero-order valence-corrected chi connectivity index (χ0v) is 9.26. The molecule has 2 bridgehead atoms. The average Bonchev–Trinajstić information content (AvgIpc) is 1.84. The Morgan fingerprint density at radius 1 is 1.60 bits per heavy atom.